The number of benzene rings is 3. The molecule has 3 rings (SSSR count). The molecular weight excluding hydrogens is 438 g/mol. The Balaban J connectivity index is 1.53. The molecule has 0 unspecified atom stereocenters. The standard InChI is InChI=1S/C26H27NO7/c1-30-20-11-8-18(9-12-20)14-15-33-26(29)19-10-13-23(24(16-19)32-3)34-17-25(28)27-21-6-4-5-7-22(21)31-2/h4-13,16H,14-15,17H2,1-3H3,(H,27,28). The van der Waals surface area contributed by atoms with Crippen LogP contribution in [-0.2, 0) is 16.0 Å². The first-order valence-electron chi connectivity index (χ1n) is 10.6. The second kappa shape index (κ2) is 12.2. The Labute approximate surface area is 198 Å². The number of para-hydroxylation sites is 2. The van der Waals surface area contributed by atoms with Gasteiger partial charge >= 0.3 is 5.97 Å². The predicted molar refractivity (Wildman–Crippen MR) is 127 cm³/mol. The van der Waals surface area contributed by atoms with Gasteiger partial charge in [-0.2, -0.15) is 0 Å². The minimum atomic E-state index is -0.479. The normalized spacial score (nSPS) is 10.2. The van der Waals surface area contributed by atoms with Crippen LogP contribution in [0.4, 0.5) is 5.69 Å². The van der Waals surface area contributed by atoms with Crippen molar-refractivity contribution in [3.63, 3.8) is 0 Å². The average Bonchev–Trinajstić information content (AvgIpc) is 2.88. The summed E-state index contributed by atoms with van der Waals surface area (Å²) in [5.41, 5.74) is 1.89. The first kappa shape index (κ1) is 24.4. The van der Waals surface area contributed by atoms with Gasteiger partial charge < -0.3 is 29.0 Å². The molecular formula is C26H27NO7. The Morgan fingerprint density at radius 3 is 2.24 bits per heavy atom. The summed E-state index contributed by atoms with van der Waals surface area (Å²) in [6.45, 7) is -0.0189. The van der Waals surface area contributed by atoms with Crippen LogP contribution in [0.15, 0.2) is 66.7 Å². The van der Waals surface area contributed by atoms with E-state index in [1.165, 1.54) is 20.3 Å². The summed E-state index contributed by atoms with van der Waals surface area (Å²) in [6.07, 6.45) is 0.579. The Kier molecular flexibility index (Phi) is 8.73. The van der Waals surface area contributed by atoms with Crippen LogP contribution < -0.4 is 24.3 Å². The second-order valence-corrected chi connectivity index (χ2v) is 7.14. The predicted octanol–water partition coefficient (Wildman–Crippen LogP) is 4.13. The fourth-order valence-corrected chi connectivity index (χ4v) is 3.13. The van der Waals surface area contributed by atoms with Gasteiger partial charge in [-0.05, 0) is 48.0 Å². The van der Waals surface area contributed by atoms with Crippen LogP contribution >= 0.6 is 0 Å². The number of anilines is 1. The lowest BCUT2D eigenvalue weighted by Crippen LogP contribution is -2.20. The van der Waals surface area contributed by atoms with Gasteiger partial charge in [-0.15, -0.1) is 0 Å². The molecule has 0 heterocycles. The lowest BCUT2D eigenvalue weighted by molar-refractivity contribution is -0.118. The first-order chi connectivity index (χ1) is 16.5. The van der Waals surface area contributed by atoms with Gasteiger partial charge in [-0.25, -0.2) is 4.79 Å². The maximum Gasteiger partial charge on any atom is 0.338 e. The Hall–Kier alpha value is -4.20. The topological polar surface area (TPSA) is 92.3 Å². The van der Waals surface area contributed by atoms with E-state index in [0.29, 0.717) is 34.9 Å². The van der Waals surface area contributed by atoms with Gasteiger partial charge in [-0.1, -0.05) is 24.3 Å². The minimum Gasteiger partial charge on any atom is -0.497 e. The molecule has 0 aliphatic heterocycles. The molecule has 0 radical (unpaired) electrons. The number of amides is 1. The third-order valence-corrected chi connectivity index (χ3v) is 4.92. The van der Waals surface area contributed by atoms with E-state index < -0.39 is 5.97 Å². The van der Waals surface area contributed by atoms with Crippen molar-refractivity contribution in [2.24, 2.45) is 0 Å². The number of hydrogen-bond acceptors (Lipinski definition) is 7. The van der Waals surface area contributed by atoms with Gasteiger partial charge in [0.1, 0.15) is 11.5 Å². The van der Waals surface area contributed by atoms with Crippen molar-refractivity contribution < 1.29 is 33.3 Å². The third kappa shape index (κ3) is 6.65. The molecule has 3 aromatic carbocycles. The van der Waals surface area contributed by atoms with Gasteiger partial charge in [0, 0.05) is 6.42 Å². The summed E-state index contributed by atoms with van der Waals surface area (Å²) in [5, 5.41) is 2.73. The summed E-state index contributed by atoms with van der Waals surface area (Å²) in [6, 6.07) is 19.3. The highest BCUT2D eigenvalue weighted by Gasteiger charge is 2.14. The van der Waals surface area contributed by atoms with E-state index in [4.69, 9.17) is 23.7 Å². The van der Waals surface area contributed by atoms with Crippen LogP contribution in [0.5, 0.6) is 23.0 Å². The number of esters is 1. The highest BCUT2D eigenvalue weighted by atomic mass is 16.5. The number of hydrogen-bond donors (Lipinski definition) is 1. The summed E-state index contributed by atoms with van der Waals surface area (Å²) >= 11 is 0. The Morgan fingerprint density at radius 1 is 0.794 bits per heavy atom. The van der Waals surface area contributed by atoms with Crippen molar-refractivity contribution in [1.82, 2.24) is 0 Å². The average molecular weight is 466 g/mol. The number of rotatable bonds is 11. The summed E-state index contributed by atoms with van der Waals surface area (Å²) in [7, 11) is 4.59. The van der Waals surface area contributed by atoms with E-state index in [-0.39, 0.29) is 19.1 Å². The van der Waals surface area contributed by atoms with Crippen molar-refractivity contribution >= 4 is 17.6 Å². The van der Waals surface area contributed by atoms with Crippen molar-refractivity contribution in [1.29, 1.82) is 0 Å². The van der Waals surface area contributed by atoms with E-state index in [9.17, 15) is 9.59 Å². The molecule has 8 heteroatoms. The molecule has 0 aliphatic carbocycles. The monoisotopic (exact) mass is 465 g/mol. The molecule has 8 nitrogen and oxygen atoms in total. The van der Waals surface area contributed by atoms with Crippen LogP contribution in [0.25, 0.3) is 0 Å². The zero-order valence-corrected chi connectivity index (χ0v) is 19.3. The summed E-state index contributed by atoms with van der Waals surface area (Å²) in [4.78, 5) is 24.7. The van der Waals surface area contributed by atoms with Crippen LogP contribution in [0, 0.1) is 0 Å². The van der Waals surface area contributed by atoms with Crippen LogP contribution in [0.3, 0.4) is 0 Å². The molecule has 0 saturated carbocycles. The number of carbonyl (C=O) groups excluding carboxylic acids is 2. The van der Waals surface area contributed by atoms with Crippen LogP contribution in [0.1, 0.15) is 15.9 Å². The number of methoxy groups -OCH3 is 3. The summed E-state index contributed by atoms with van der Waals surface area (Å²) < 4.78 is 26.6. The van der Waals surface area contributed by atoms with E-state index in [1.54, 1.807) is 37.4 Å². The van der Waals surface area contributed by atoms with Crippen LogP contribution in [0.2, 0.25) is 0 Å². The number of ether oxygens (including phenoxy) is 5. The maximum absolute atomic E-state index is 12.4. The minimum absolute atomic E-state index is 0.231. The molecule has 0 spiro atoms. The third-order valence-electron chi connectivity index (χ3n) is 4.92. The zero-order chi connectivity index (χ0) is 24.3. The highest BCUT2D eigenvalue weighted by Crippen LogP contribution is 2.29. The zero-order valence-electron chi connectivity index (χ0n) is 19.3. The Morgan fingerprint density at radius 2 is 1.53 bits per heavy atom. The SMILES string of the molecule is COc1ccc(CCOC(=O)c2ccc(OCC(=O)Nc3ccccc3OC)c(OC)c2)cc1. The molecule has 0 aromatic heterocycles. The number of nitrogens with one attached hydrogen (secondary N) is 1. The van der Waals surface area contributed by atoms with Gasteiger partial charge in [0.05, 0.1) is 39.2 Å². The van der Waals surface area contributed by atoms with Gasteiger partial charge in [0.2, 0.25) is 0 Å². The lowest BCUT2D eigenvalue weighted by Gasteiger charge is -2.13. The Bertz CT molecular complexity index is 1110. The van der Waals surface area contributed by atoms with E-state index in [1.807, 2.05) is 30.3 Å². The quantitative estimate of drug-likeness (QED) is 0.426. The smallest absolute Gasteiger partial charge is 0.338 e. The fraction of sp³-hybridized carbons (Fsp3) is 0.231. The highest BCUT2D eigenvalue weighted by molar-refractivity contribution is 5.93. The molecule has 1 amide bonds. The maximum atomic E-state index is 12.4. The molecule has 0 fully saturated rings. The van der Waals surface area contributed by atoms with Crippen molar-refractivity contribution in [2.75, 3.05) is 39.9 Å². The molecule has 0 aliphatic rings. The first-order valence-corrected chi connectivity index (χ1v) is 10.6. The van der Waals surface area contributed by atoms with Gasteiger partial charge in [0.25, 0.3) is 5.91 Å². The molecule has 1 N–H and O–H groups in total. The molecule has 3 aromatic rings. The second-order valence-electron chi connectivity index (χ2n) is 7.14. The number of carbonyl (C=O) groups is 2. The van der Waals surface area contributed by atoms with E-state index >= 15 is 0 Å². The molecule has 0 bridgehead atoms. The van der Waals surface area contributed by atoms with E-state index in [0.717, 1.165) is 11.3 Å². The largest absolute Gasteiger partial charge is 0.497 e. The fourth-order valence-electron chi connectivity index (χ4n) is 3.13. The lowest BCUT2D eigenvalue weighted by atomic mass is 10.1. The molecule has 0 atom stereocenters. The van der Waals surface area contributed by atoms with Crippen LogP contribution in [-0.4, -0.2) is 46.4 Å². The van der Waals surface area contributed by atoms with Gasteiger partial charge in [-0.3, -0.25) is 4.79 Å². The summed E-state index contributed by atoms with van der Waals surface area (Å²) in [5.74, 6) is 1.11. The van der Waals surface area contributed by atoms with Crippen molar-refractivity contribution in [3.8, 4) is 23.0 Å². The van der Waals surface area contributed by atoms with Gasteiger partial charge in [0.15, 0.2) is 18.1 Å². The molecule has 178 valence electrons. The molecule has 0 saturated heterocycles. The van der Waals surface area contributed by atoms with Crippen molar-refractivity contribution in [3.05, 3.63) is 77.9 Å². The van der Waals surface area contributed by atoms with Crippen molar-refractivity contribution in [2.45, 2.75) is 6.42 Å². The molecule has 34 heavy (non-hydrogen) atoms. The van der Waals surface area contributed by atoms with E-state index in [2.05, 4.69) is 5.32 Å².